The van der Waals surface area contributed by atoms with Crippen LogP contribution in [-0.2, 0) is 0 Å². The maximum Gasteiger partial charge on any atom is 0.223 e. The minimum atomic E-state index is 0.217. The van der Waals surface area contributed by atoms with Crippen LogP contribution in [0.1, 0.15) is 12.5 Å². The smallest absolute Gasteiger partial charge is 0.223 e. The van der Waals surface area contributed by atoms with Gasteiger partial charge in [0.2, 0.25) is 5.95 Å². The summed E-state index contributed by atoms with van der Waals surface area (Å²) in [6.07, 6.45) is 7.65. The molecule has 0 aromatic carbocycles. The van der Waals surface area contributed by atoms with Gasteiger partial charge in [-0.05, 0) is 24.3 Å². The van der Waals surface area contributed by atoms with Gasteiger partial charge in [0.15, 0.2) is 0 Å². The van der Waals surface area contributed by atoms with Crippen LogP contribution in [0.15, 0.2) is 40.0 Å². The molecular weight excluding hydrogens is 288 g/mol. The van der Waals surface area contributed by atoms with Crippen LogP contribution >= 0.6 is 23.1 Å². The summed E-state index contributed by atoms with van der Waals surface area (Å²) in [5.41, 5.74) is 12.7. The number of fused-ring (bicyclic) bond motifs is 1. The molecule has 2 heterocycles. The van der Waals surface area contributed by atoms with Crippen molar-refractivity contribution in [3.8, 4) is 0 Å². The molecule has 0 saturated heterocycles. The number of aromatic nitrogens is 2. The predicted molar refractivity (Wildman–Crippen MR) is 89.9 cm³/mol. The summed E-state index contributed by atoms with van der Waals surface area (Å²) in [6, 6.07) is 0. The van der Waals surface area contributed by atoms with Crippen molar-refractivity contribution in [1.82, 2.24) is 9.97 Å². The van der Waals surface area contributed by atoms with Crippen LogP contribution in [-0.4, -0.2) is 9.97 Å². The molecule has 4 N–H and O–H groups in total. The summed E-state index contributed by atoms with van der Waals surface area (Å²) in [5.74, 6) is 0.662. The number of aryl methyl sites for hydroxylation is 1. The fourth-order valence-electron chi connectivity index (χ4n) is 1.71. The summed E-state index contributed by atoms with van der Waals surface area (Å²) in [5, 5.41) is 0.904. The number of anilines is 2. The lowest BCUT2D eigenvalue weighted by atomic mass is 10.2. The van der Waals surface area contributed by atoms with Crippen LogP contribution < -0.4 is 11.5 Å². The van der Waals surface area contributed by atoms with E-state index in [1.54, 1.807) is 29.2 Å². The van der Waals surface area contributed by atoms with Crippen molar-refractivity contribution >= 4 is 45.1 Å². The van der Waals surface area contributed by atoms with E-state index in [1.807, 2.05) is 25.2 Å². The number of thiophene rings is 1. The first kappa shape index (κ1) is 14.6. The molecule has 0 fully saturated rings. The van der Waals surface area contributed by atoms with Crippen molar-refractivity contribution in [2.24, 2.45) is 0 Å². The lowest BCUT2D eigenvalue weighted by Crippen LogP contribution is -1.99. The standard InChI is InChI=1S/C14H16N4S2/c1-4-5-6-7-8(2)19-13-9(3)10-11(15)17-14(16)18-12(10)20-13/h4-7H,1H2,2-3H3,(H4,15,16,17,18)/b6-5-,8-7+. The van der Waals surface area contributed by atoms with Crippen molar-refractivity contribution in [3.05, 3.63) is 41.4 Å². The van der Waals surface area contributed by atoms with Gasteiger partial charge in [-0.1, -0.05) is 42.6 Å². The highest BCUT2D eigenvalue weighted by Crippen LogP contribution is 2.41. The maximum atomic E-state index is 5.93. The Bertz CT molecular complexity index is 714. The van der Waals surface area contributed by atoms with E-state index in [2.05, 4.69) is 23.5 Å². The van der Waals surface area contributed by atoms with Gasteiger partial charge >= 0.3 is 0 Å². The maximum absolute atomic E-state index is 5.93. The van der Waals surface area contributed by atoms with E-state index in [9.17, 15) is 0 Å². The number of nitrogens with zero attached hydrogens (tertiary/aromatic N) is 2. The third-order valence-corrected chi connectivity index (χ3v) is 5.05. The van der Waals surface area contributed by atoms with Crippen LogP contribution in [0.4, 0.5) is 11.8 Å². The van der Waals surface area contributed by atoms with Crippen LogP contribution in [0, 0.1) is 6.92 Å². The lowest BCUT2D eigenvalue weighted by Gasteiger charge is -2.00. The molecule has 104 valence electrons. The number of hydrogen-bond acceptors (Lipinski definition) is 6. The van der Waals surface area contributed by atoms with Gasteiger partial charge in [-0.15, -0.1) is 11.3 Å². The first-order chi connectivity index (χ1) is 9.52. The first-order valence-corrected chi connectivity index (χ1v) is 7.62. The second kappa shape index (κ2) is 6.11. The monoisotopic (exact) mass is 304 g/mol. The molecule has 2 aromatic rings. The lowest BCUT2D eigenvalue weighted by molar-refractivity contribution is 1.25. The van der Waals surface area contributed by atoms with Gasteiger partial charge in [0, 0.05) is 0 Å². The third-order valence-electron chi connectivity index (χ3n) is 2.62. The molecular formula is C14H16N4S2. The van der Waals surface area contributed by atoms with Crippen LogP contribution in [0.25, 0.3) is 10.2 Å². The number of hydrogen-bond donors (Lipinski definition) is 2. The topological polar surface area (TPSA) is 77.8 Å². The van der Waals surface area contributed by atoms with Crippen LogP contribution in [0.2, 0.25) is 0 Å². The summed E-state index contributed by atoms with van der Waals surface area (Å²) in [4.78, 5) is 10.3. The average molecular weight is 304 g/mol. The van der Waals surface area contributed by atoms with E-state index < -0.39 is 0 Å². The largest absolute Gasteiger partial charge is 0.383 e. The molecule has 0 spiro atoms. The average Bonchev–Trinajstić information content (AvgIpc) is 2.66. The molecule has 2 rings (SSSR count). The zero-order chi connectivity index (χ0) is 14.7. The zero-order valence-corrected chi connectivity index (χ0v) is 13.0. The summed E-state index contributed by atoms with van der Waals surface area (Å²) < 4.78 is 1.16. The molecule has 2 aromatic heterocycles. The van der Waals surface area contributed by atoms with E-state index in [0.29, 0.717) is 5.82 Å². The highest BCUT2D eigenvalue weighted by atomic mass is 32.2. The third kappa shape index (κ3) is 3.02. The fourth-order valence-corrected chi connectivity index (χ4v) is 4.14. The molecule has 0 aliphatic rings. The van der Waals surface area contributed by atoms with E-state index in [-0.39, 0.29) is 5.95 Å². The minimum Gasteiger partial charge on any atom is -0.383 e. The quantitative estimate of drug-likeness (QED) is 0.661. The Morgan fingerprint density at radius 3 is 2.75 bits per heavy atom. The summed E-state index contributed by atoms with van der Waals surface area (Å²) in [6.45, 7) is 7.73. The Hall–Kier alpha value is -1.79. The van der Waals surface area contributed by atoms with Gasteiger partial charge in [0.1, 0.15) is 10.6 Å². The van der Waals surface area contributed by atoms with Gasteiger partial charge in [0.25, 0.3) is 0 Å². The highest BCUT2D eigenvalue weighted by molar-refractivity contribution is 8.04. The molecule has 0 bridgehead atoms. The SMILES string of the molecule is C=C/C=C\C=C(/C)Sc1sc2nc(N)nc(N)c2c1C. The minimum absolute atomic E-state index is 0.217. The number of thioether (sulfide) groups is 1. The summed E-state index contributed by atoms with van der Waals surface area (Å²) >= 11 is 3.28. The van der Waals surface area contributed by atoms with E-state index in [0.717, 1.165) is 20.0 Å². The van der Waals surface area contributed by atoms with Crippen molar-refractivity contribution in [3.63, 3.8) is 0 Å². The number of nitrogens with two attached hydrogens (primary N) is 2. The van der Waals surface area contributed by atoms with E-state index >= 15 is 0 Å². The van der Waals surface area contributed by atoms with Gasteiger partial charge in [0.05, 0.1) is 9.60 Å². The molecule has 0 unspecified atom stereocenters. The second-order valence-electron chi connectivity index (χ2n) is 4.16. The normalized spacial score (nSPS) is 12.4. The molecule has 6 heteroatoms. The molecule has 20 heavy (non-hydrogen) atoms. The Balaban J connectivity index is 2.39. The van der Waals surface area contributed by atoms with Crippen LogP contribution in [0.3, 0.4) is 0 Å². The molecule has 0 saturated carbocycles. The van der Waals surface area contributed by atoms with E-state index in [1.165, 1.54) is 4.91 Å². The molecule has 0 aliphatic carbocycles. The van der Waals surface area contributed by atoms with E-state index in [4.69, 9.17) is 11.5 Å². The van der Waals surface area contributed by atoms with Crippen molar-refractivity contribution in [2.45, 2.75) is 18.1 Å². The Labute approximate surface area is 126 Å². The zero-order valence-electron chi connectivity index (χ0n) is 11.4. The number of allylic oxidation sites excluding steroid dienone is 5. The first-order valence-electron chi connectivity index (χ1n) is 5.99. The van der Waals surface area contributed by atoms with Gasteiger partial charge in [-0.2, -0.15) is 4.98 Å². The van der Waals surface area contributed by atoms with Crippen molar-refractivity contribution < 1.29 is 0 Å². The predicted octanol–water partition coefficient (Wildman–Crippen LogP) is 3.90. The van der Waals surface area contributed by atoms with Crippen molar-refractivity contribution in [2.75, 3.05) is 11.5 Å². The molecule has 0 atom stereocenters. The van der Waals surface area contributed by atoms with Gasteiger partial charge in [-0.3, -0.25) is 0 Å². The van der Waals surface area contributed by atoms with Gasteiger partial charge in [-0.25, -0.2) is 4.98 Å². The number of rotatable bonds is 4. The molecule has 0 aliphatic heterocycles. The number of nitrogen functional groups attached to an aromatic ring is 2. The molecule has 0 amide bonds. The Kier molecular flexibility index (Phi) is 4.46. The van der Waals surface area contributed by atoms with Crippen LogP contribution in [0.5, 0.6) is 0 Å². The molecule has 0 radical (unpaired) electrons. The fraction of sp³-hybridized carbons (Fsp3) is 0.143. The molecule has 4 nitrogen and oxygen atoms in total. The summed E-state index contributed by atoms with van der Waals surface area (Å²) in [7, 11) is 0. The highest BCUT2D eigenvalue weighted by Gasteiger charge is 2.14. The second-order valence-corrected chi connectivity index (χ2v) is 6.68. The Morgan fingerprint density at radius 1 is 1.30 bits per heavy atom. The Morgan fingerprint density at radius 2 is 2.05 bits per heavy atom. The van der Waals surface area contributed by atoms with Crippen molar-refractivity contribution in [1.29, 1.82) is 0 Å². The van der Waals surface area contributed by atoms with Gasteiger partial charge < -0.3 is 11.5 Å².